The van der Waals surface area contributed by atoms with E-state index < -0.39 is 0 Å². The lowest BCUT2D eigenvalue weighted by Crippen LogP contribution is -2.41. The Hall–Kier alpha value is -0.710. The second-order valence-electron chi connectivity index (χ2n) is 4.89. The van der Waals surface area contributed by atoms with Gasteiger partial charge in [0.15, 0.2) is 0 Å². The minimum Gasteiger partial charge on any atom is -0.330 e. The number of benzene rings is 1. The van der Waals surface area contributed by atoms with E-state index in [1.54, 1.807) is 11.3 Å². The lowest BCUT2D eigenvalue weighted by molar-refractivity contribution is 0.247. The molecule has 1 aliphatic rings. The van der Waals surface area contributed by atoms with E-state index in [0.717, 1.165) is 9.48 Å². The molecule has 94 valence electrons. The van der Waals surface area contributed by atoms with Crippen LogP contribution in [0.25, 0.3) is 10.6 Å². The molecule has 2 nitrogen and oxygen atoms in total. The second kappa shape index (κ2) is 4.76. The first kappa shape index (κ1) is 12.3. The summed E-state index contributed by atoms with van der Waals surface area (Å²) in [5.41, 5.74) is 8.46. The van der Waals surface area contributed by atoms with Crippen LogP contribution in [0, 0.1) is 0 Å². The SMILES string of the molecule is NCC1(c2csc(-c3cccc(Br)c3)n2)CCC1. The Morgan fingerprint density at radius 2 is 2.22 bits per heavy atom. The third-order valence-electron chi connectivity index (χ3n) is 3.82. The van der Waals surface area contributed by atoms with E-state index in [-0.39, 0.29) is 5.41 Å². The van der Waals surface area contributed by atoms with Crippen LogP contribution in [0.4, 0.5) is 0 Å². The third kappa shape index (κ3) is 2.02. The maximum atomic E-state index is 5.93. The molecule has 2 aromatic rings. The lowest BCUT2D eigenvalue weighted by atomic mass is 9.67. The Morgan fingerprint density at radius 3 is 2.83 bits per heavy atom. The molecule has 1 aromatic carbocycles. The molecular formula is C14H15BrN2S. The average molecular weight is 323 g/mol. The monoisotopic (exact) mass is 322 g/mol. The number of hydrogen-bond acceptors (Lipinski definition) is 3. The predicted molar refractivity (Wildman–Crippen MR) is 79.8 cm³/mol. The van der Waals surface area contributed by atoms with Crippen LogP contribution in [-0.4, -0.2) is 11.5 Å². The van der Waals surface area contributed by atoms with Gasteiger partial charge in [0.25, 0.3) is 0 Å². The first-order valence-electron chi connectivity index (χ1n) is 6.15. The number of hydrogen-bond donors (Lipinski definition) is 1. The van der Waals surface area contributed by atoms with Crippen LogP contribution in [0.15, 0.2) is 34.1 Å². The van der Waals surface area contributed by atoms with Gasteiger partial charge < -0.3 is 5.73 Å². The van der Waals surface area contributed by atoms with Crippen molar-refractivity contribution in [3.05, 3.63) is 39.8 Å². The number of halogens is 1. The molecule has 0 amide bonds. The Kier molecular flexibility index (Phi) is 3.26. The van der Waals surface area contributed by atoms with Crippen molar-refractivity contribution in [2.75, 3.05) is 6.54 Å². The van der Waals surface area contributed by atoms with Crippen LogP contribution in [0.3, 0.4) is 0 Å². The highest BCUT2D eigenvalue weighted by Gasteiger charge is 2.39. The van der Waals surface area contributed by atoms with E-state index in [9.17, 15) is 0 Å². The quantitative estimate of drug-likeness (QED) is 0.929. The summed E-state index contributed by atoms with van der Waals surface area (Å²) in [6.45, 7) is 0.717. The van der Waals surface area contributed by atoms with Gasteiger partial charge in [-0.25, -0.2) is 4.98 Å². The Balaban J connectivity index is 1.94. The van der Waals surface area contributed by atoms with Crippen molar-refractivity contribution < 1.29 is 0 Å². The van der Waals surface area contributed by atoms with Gasteiger partial charge >= 0.3 is 0 Å². The average Bonchev–Trinajstić information content (AvgIpc) is 2.78. The molecule has 0 bridgehead atoms. The zero-order chi connectivity index (χ0) is 12.6. The topological polar surface area (TPSA) is 38.9 Å². The van der Waals surface area contributed by atoms with Gasteiger partial charge in [0.05, 0.1) is 5.69 Å². The van der Waals surface area contributed by atoms with Crippen molar-refractivity contribution in [3.63, 3.8) is 0 Å². The van der Waals surface area contributed by atoms with Gasteiger partial charge in [0.2, 0.25) is 0 Å². The summed E-state index contributed by atoms with van der Waals surface area (Å²) < 4.78 is 1.09. The van der Waals surface area contributed by atoms with Gasteiger partial charge in [-0.1, -0.05) is 34.5 Å². The summed E-state index contributed by atoms with van der Waals surface area (Å²) in [5.74, 6) is 0. The summed E-state index contributed by atoms with van der Waals surface area (Å²) in [6.07, 6.45) is 3.65. The van der Waals surface area contributed by atoms with Crippen LogP contribution in [-0.2, 0) is 5.41 Å². The molecule has 0 aliphatic heterocycles. The van der Waals surface area contributed by atoms with Crippen molar-refractivity contribution >= 4 is 27.3 Å². The van der Waals surface area contributed by atoms with E-state index in [1.165, 1.54) is 30.5 Å². The maximum absolute atomic E-state index is 5.93. The van der Waals surface area contributed by atoms with Crippen molar-refractivity contribution in [1.82, 2.24) is 4.98 Å². The van der Waals surface area contributed by atoms with Crippen LogP contribution >= 0.6 is 27.3 Å². The van der Waals surface area contributed by atoms with Crippen LogP contribution in [0.5, 0.6) is 0 Å². The Morgan fingerprint density at radius 1 is 1.39 bits per heavy atom. The fourth-order valence-electron chi connectivity index (χ4n) is 2.44. The molecule has 1 heterocycles. The summed E-state index contributed by atoms with van der Waals surface area (Å²) in [5, 5.41) is 3.27. The molecule has 0 atom stereocenters. The number of nitrogens with zero attached hydrogens (tertiary/aromatic N) is 1. The number of rotatable bonds is 3. The number of thiazole rings is 1. The highest BCUT2D eigenvalue weighted by atomic mass is 79.9. The maximum Gasteiger partial charge on any atom is 0.123 e. The standard InChI is InChI=1S/C14H15BrN2S/c15-11-4-1-3-10(7-11)13-17-12(8-18-13)14(9-16)5-2-6-14/h1,3-4,7-8H,2,5-6,9,16H2. The molecule has 2 N–H and O–H groups in total. The zero-order valence-corrected chi connectivity index (χ0v) is 12.4. The molecule has 0 unspecified atom stereocenters. The second-order valence-corrected chi connectivity index (χ2v) is 6.66. The largest absolute Gasteiger partial charge is 0.330 e. The van der Waals surface area contributed by atoms with Crippen molar-refractivity contribution in [1.29, 1.82) is 0 Å². The molecule has 0 spiro atoms. The number of aromatic nitrogens is 1. The molecule has 1 fully saturated rings. The lowest BCUT2D eigenvalue weighted by Gasteiger charge is -2.39. The van der Waals surface area contributed by atoms with E-state index >= 15 is 0 Å². The van der Waals surface area contributed by atoms with E-state index in [2.05, 4.69) is 33.4 Å². The smallest absolute Gasteiger partial charge is 0.123 e. The summed E-state index contributed by atoms with van der Waals surface area (Å²) in [6, 6.07) is 8.29. The first-order valence-corrected chi connectivity index (χ1v) is 7.83. The molecule has 1 aromatic heterocycles. The molecule has 3 rings (SSSR count). The summed E-state index contributed by atoms with van der Waals surface area (Å²) in [4.78, 5) is 4.80. The molecule has 1 aliphatic carbocycles. The van der Waals surface area contributed by atoms with Crippen LogP contribution in [0.1, 0.15) is 25.0 Å². The van der Waals surface area contributed by atoms with Gasteiger partial charge in [-0.3, -0.25) is 0 Å². The van der Waals surface area contributed by atoms with Gasteiger partial charge in [-0.2, -0.15) is 0 Å². The van der Waals surface area contributed by atoms with Crippen molar-refractivity contribution in [3.8, 4) is 10.6 Å². The minimum absolute atomic E-state index is 0.167. The molecule has 0 saturated heterocycles. The third-order valence-corrected chi connectivity index (χ3v) is 5.21. The summed E-state index contributed by atoms with van der Waals surface area (Å²) >= 11 is 5.22. The fraction of sp³-hybridized carbons (Fsp3) is 0.357. The van der Waals surface area contributed by atoms with E-state index in [1.807, 2.05) is 12.1 Å². The van der Waals surface area contributed by atoms with Crippen LogP contribution < -0.4 is 5.73 Å². The highest BCUT2D eigenvalue weighted by molar-refractivity contribution is 9.10. The van der Waals surface area contributed by atoms with E-state index in [4.69, 9.17) is 10.7 Å². The molecule has 1 saturated carbocycles. The van der Waals surface area contributed by atoms with E-state index in [0.29, 0.717) is 6.54 Å². The minimum atomic E-state index is 0.167. The van der Waals surface area contributed by atoms with Crippen molar-refractivity contribution in [2.45, 2.75) is 24.7 Å². The summed E-state index contributed by atoms with van der Waals surface area (Å²) in [7, 11) is 0. The molecule has 18 heavy (non-hydrogen) atoms. The zero-order valence-electron chi connectivity index (χ0n) is 10.0. The Bertz CT molecular complexity index is 555. The van der Waals surface area contributed by atoms with Gasteiger partial charge in [-0.05, 0) is 25.0 Å². The van der Waals surface area contributed by atoms with Gasteiger partial charge in [0.1, 0.15) is 5.01 Å². The highest BCUT2D eigenvalue weighted by Crippen LogP contribution is 2.43. The van der Waals surface area contributed by atoms with Crippen molar-refractivity contribution in [2.24, 2.45) is 5.73 Å². The molecule has 4 heteroatoms. The Labute approximate surface area is 119 Å². The molecular weight excluding hydrogens is 308 g/mol. The fourth-order valence-corrected chi connectivity index (χ4v) is 3.78. The first-order chi connectivity index (χ1) is 8.73. The predicted octanol–water partition coefficient (Wildman–Crippen LogP) is 3.95. The number of nitrogens with two attached hydrogens (primary N) is 1. The van der Waals surface area contributed by atoms with Crippen LogP contribution in [0.2, 0.25) is 0 Å². The molecule has 0 radical (unpaired) electrons. The van der Waals surface area contributed by atoms with Gasteiger partial charge in [0, 0.05) is 27.4 Å². The normalized spacial score (nSPS) is 17.4. The van der Waals surface area contributed by atoms with Gasteiger partial charge in [-0.15, -0.1) is 11.3 Å².